The number of nitrogens with zero attached hydrogens (tertiary/aromatic N) is 4. The summed E-state index contributed by atoms with van der Waals surface area (Å²) < 4.78 is 0. The minimum atomic E-state index is -0.888. The van der Waals surface area contributed by atoms with Crippen molar-refractivity contribution < 1.29 is 9.90 Å². The fraction of sp³-hybridized carbons (Fsp3) is 0.200. The molecule has 1 aliphatic heterocycles. The van der Waals surface area contributed by atoms with Crippen molar-refractivity contribution in [2.75, 3.05) is 36.8 Å². The summed E-state index contributed by atoms with van der Waals surface area (Å²) >= 11 is 0. The van der Waals surface area contributed by atoms with Crippen LogP contribution in [0.25, 0.3) is 33.2 Å². The van der Waals surface area contributed by atoms with Crippen LogP contribution >= 0.6 is 0 Å². The molecule has 4 heterocycles. The maximum atomic E-state index is 11.7. The lowest BCUT2D eigenvalue weighted by Crippen LogP contribution is -2.48. The van der Waals surface area contributed by atoms with Gasteiger partial charge in [0.1, 0.15) is 11.6 Å². The second-order valence-corrected chi connectivity index (χ2v) is 8.39. The number of hydrogen-bond acceptors (Lipinski definition) is 6. The van der Waals surface area contributed by atoms with E-state index in [0.29, 0.717) is 37.6 Å². The highest BCUT2D eigenvalue weighted by Crippen LogP contribution is 2.31. The van der Waals surface area contributed by atoms with E-state index in [1.807, 2.05) is 42.5 Å². The Morgan fingerprint density at radius 3 is 2.47 bits per heavy atom. The first-order valence-electron chi connectivity index (χ1n) is 11.0. The summed E-state index contributed by atoms with van der Waals surface area (Å²) in [6.45, 7) is 3.90. The monoisotopic (exact) mass is 456 g/mol. The van der Waals surface area contributed by atoms with Gasteiger partial charge < -0.3 is 25.6 Å². The van der Waals surface area contributed by atoms with Crippen molar-refractivity contribution in [1.82, 2.24) is 19.9 Å². The lowest BCUT2D eigenvalue weighted by molar-refractivity contribution is 0.142. The van der Waals surface area contributed by atoms with Crippen LogP contribution in [-0.4, -0.2) is 57.2 Å². The molecule has 9 heteroatoms. The number of amides is 1. The van der Waals surface area contributed by atoms with E-state index in [1.54, 1.807) is 19.3 Å². The number of aryl methyl sites for hydroxylation is 1. The van der Waals surface area contributed by atoms with Gasteiger partial charge in [0.05, 0.1) is 5.52 Å². The van der Waals surface area contributed by atoms with Crippen LogP contribution in [0.1, 0.15) is 5.56 Å². The fourth-order valence-corrected chi connectivity index (χ4v) is 4.23. The van der Waals surface area contributed by atoms with Gasteiger partial charge in [-0.2, -0.15) is 0 Å². The van der Waals surface area contributed by atoms with Gasteiger partial charge in [-0.3, -0.25) is 4.79 Å². The van der Waals surface area contributed by atoms with E-state index >= 15 is 0 Å². The van der Waals surface area contributed by atoms with Gasteiger partial charge in [0.15, 0.2) is 0 Å². The Morgan fingerprint density at radius 2 is 1.79 bits per heavy atom. The molecule has 4 N–H and O–H groups in total. The number of anilines is 2. The minimum absolute atomic E-state index is 0.0963. The maximum Gasteiger partial charge on any atom is 0.407 e. The normalized spacial score (nSPS) is 13.9. The van der Waals surface area contributed by atoms with Crippen molar-refractivity contribution in [3.05, 3.63) is 70.8 Å². The zero-order valence-corrected chi connectivity index (χ0v) is 18.7. The van der Waals surface area contributed by atoms with Crippen LogP contribution in [0, 0.1) is 6.92 Å². The van der Waals surface area contributed by atoms with E-state index in [1.165, 1.54) is 4.90 Å². The third-order valence-corrected chi connectivity index (χ3v) is 6.20. The molecule has 0 saturated carbocycles. The molecule has 0 atom stereocenters. The molecule has 34 heavy (non-hydrogen) atoms. The van der Waals surface area contributed by atoms with Gasteiger partial charge in [0, 0.05) is 60.6 Å². The number of fused-ring (bicyclic) bond motifs is 1. The van der Waals surface area contributed by atoms with Gasteiger partial charge >= 0.3 is 6.09 Å². The largest absolute Gasteiger partial charge is 0.465 e. The molecule has 0 unspecified atom stereocenters. The summed E-state index contributed by atoms with van der Waals surface area (Å²) in [6, 6.07) is 13.7. The van der Waals surface area contributed by atoms with E-state index in [9.17, 15) is 9.59 Å². The molecule has 0 spiro atoms. The number of carbonyl (C=O) groups is 1. The van der Waals surface area contributed by atoms with Crippen molar-refractivity contribution >= 4 is 28.6 Å². The molecule has 5 rings (SSSR count). The molecular formula is C25H24N6O3. The lowest BCUT2D eigenvalue weighted by Gasteiger charge is -2.33. The Hall–Kier alpha value is -4.40. The Labute approximate surface area is 195 Å². The molecule has 1 aliphatic rings. The number of hydrogen-bond donors (Lipinski definition) is 3. The summed E-state index contributed by atoms with van der Waals surface area (Å²) in [7, 11) is 0. The molecular weight excluding hydrogens is 432 g/mol. The van der Waals surface area contributed by atoms with E-state index in [-0.39, 0.29) is 5.56 Å². The van der Waals surface area contributed by atoms with Crippen molar-refractivity contribution in [1.29, 1.82) is 0 Å². The molecule has 3 aromatic heterocycles. The summed E-state index contributed by atoms with van der Waals surface area (Å²) in [5, 5.41) is 10.1. The highest BCUT2D eigenvalue weighted by atomic mass is 16.4. The fourth-order valence-electron chi connectivity index (χ4n) is 4.23. The van der Waals surface area contributed by atoms with Gasteiger partial charge in [-0.1, -0.05) is 6.07 Å². The third-order valence-electron chi connectivity index (χ3n) is 6.20. The number of nitrogen functional groups attached to an aromatic ring is 1. The molecule has 9 nitrogen and oxygen atoms in total. The molecule has 1 aromatic carbocycles. The molecule has 1 amide bonds. The summed E-state index contributed by atoms with van der Waals surface area (Å²) in [6.07, 6.45) is 2.59. The topological polar surface area (TPSA) is 128 Å². The second-order valence-electron chi connectivity index (χ2n) is 8.39. The van der Waals surface area contributed by atoms with Crippen LogP contribution in [0.3, 0.4) is 0 Å². The number of nitrogens with one attached hydrogen (secondary N) is 1. The molecule has 172 valence electrons. The quantitative estimate of drug-likeness (QED) is 0.431. The number of nitrogens with two attached hydrogens (primary N) is 1. The van der Waals surface area contributed by atoms with Crippen LogP contribution in [0.5, 0.6) is 0 Å². The third kappa shape index (κ3) is 4.03. The lowest BCUT2D eigenvalue weighted by atomic mass is 10.0. The van der Waals surface area contributed by atoms with Crippen molar-refractivity contribution in [2.45, 2.75) is 6.92 Å². The Morgan fingerprint density at radius 1 is 1.03 bits per heavy atom. The number of carboxylic acid groups (broad SMARTS) is 1. The van der Waals surface area contributed by atoms with Crippen LogP contribution in [-0.2, 0) is 0 Å². The standard InChI is InChI=1S/C25H24N6O3/c1-15-10-19(14-28-24(15)32)16-2-4-21-18(11-16)12-20(23(26)29-21)17-3-5-22(27-13-17)30-6-8-31(9-7-30)25(33)34/h2-5,10-14H,6-9H2,1H3,(H2,26,29)(H,28,32)(H,33,34). The number of H-pyrrole nitrogens is 1. The highest BCUT2D eigenvalue weighted by Gasteiger charge is 2.21. The Balaban J connectivity index is 1.43. The Bertz CT molecular complexity index is 1440. The smallest absolute Gasteiger partial charge is 0.407 e. The number of benzene rings is 1. The van der Waals surface area contributed by atoms with Crippen LogP contribution in [0.2, 0.25) is 0 Å². The molecule has 0 bridgehead atoms. The van der Waals surface area contributed by atoms with Crippen LogP contribution in [0.4, 0.5) is 16.4 Å². The predicted molar refractivity (Wildman–Crippen MR) is 132 cm³/mol. The van der Waals surface area contributed by atoms with Crippen LogP contribution < -0.4 is 16.2 Å². The first-order valence-corrected chi connectivity index (χ1v) is 11.0. The zero-order valence-electron chi connectivity index (χ0n) is 18.7. The van der Waals surface area contributed by atoms with E-state index < -0.39 is 6.09 Å². The van der Waals surface area contributed by atoms with Gasteiger partial charge in [0.25, 0.3) is 5.56 Å². The molecule has 4 aromatic rings. The van der Waals surface area contributed by atoms with Crippen molar-refractivity contribution in [3.8, 4) is 22.3 Å². The van der Waals surface area contributed by atoms with E-state index in [4.69, 9.17) is 10.8 Å². The van der Waals surface area contributed by atoms with E-state index in [2.05, 4.69) is 19.9 Å². The predicted octanol–water partition coefficient (Wildman–Crippen LogP) is 3.34. The first-order chi connectivity index (χ1) is 16.4. The number of pyridine rings is 3. The van der Waals surface area contributed by atoms with Gasteiger partial charge in [-0.05, 0) is 54.4 Å². The van der Waals surface area contributed by atoms with Crippen molar-refractivity contribution in [2.24, 2.45) is 0 Å². The number of piperazine rings is 1. The number of aromatic nitrogens is 3. The Kier molecular flexibility index (Phi) is 5.37. The van der Waals surface area contributed by atoms with Crippen molar-refractivity contribution in [3.63, 3.8) is 0 Å². The highest BCUT2D eigenvalue weighted by molar-refractivity contribution is 5.91. The molecule has 1 fully saturated rings. The average molecular weight is 457 g/mol. The van der Waals surface area contributed by atoms with E-state index in [0.717, 1.165) is 39.0 Å². The average Bonchev–Trinajstić information content (AvgIpc) is 2.85. The van der Waals surface area contributed by atoms with Gasteiger partial charge in [-0.15, -0.1) is 0 Å². The number of rotatable bonds is 3. The molecule has 0 aliphatic carbocycles. The second kappa shape index (κ2) is 8.51. The zero-order chi connectivity index (χ0) is 23.8. The number of aromatic amines is 1. The SMILES string of the molecule is Cc1cc(-c2ccc3nc(N)c(-c4ccc(N5CCN(C(=O)O)CC5)nc4)cc3c2)c[nH]c1=O. The van der Waals surface area contributed by atoms with Crippen LogP contribution in [0.15, 0.2) is 59.7 Å². The maximum absolute atomic E-state index is 11.7. The molecule has 0 radical (unpaired) electrons. The minimum Gasteiger partial charge on any atom is -0.465 e. The molecule has 1 saturated heterocycles. The summed E-state index contributed by atoms with van der Waals surface area (Å²) in [5.41, 5.74) is 11.2. The first kappa shape index (κ1) is 21.4. The van der Waals surface area contributed by atoms with Gasteiger partial charge in [-0.25, -0.2) is 14.8 Å². The van der Waals surface area contributed by atoms with Gasteiger partial charge in [0.2, 0.25) is 0 Å². The summed E-state index contributed by atoms with van der Waals surface area (Å²) in [4.78, 5) is 38.2. The summed E-state index contributed by atoms with van der Waals surface area (Å²) in [5.74, 6) is 1.22.